The van der Waals surface area contributed by atoms with E-state index in [2.05, 4.69) is 27.3 Å². The number of fused-ring (bicyclic) bond motifs is 1. The molecule has 0 saturated heterocycles. The lowest BCUT2D eigenvalue weighted by atomic mass is 10.1. The molecule has 3 rings (SSSR count). The molecule has 1 aromatic carbocycles. The van der Waals surface area contributed by atoms with Crippen LogP contribution in [0.4, 0.5) is 0 Å². The Hall–Kier alpha value is -2.14. The summed E-state index contributed by atoms with van der Waals surface area (Å²) in [6, 6.07) is 8.08. The van der Waals surface area contributed by atoms with Crippen molar-refractivity contribution in [2.45, 2.75) is 12.5 Å². The third-order valence-electron chi connectivity index (χ3n) is 3.19. The fourth-order valence-electron chi connectivity index (χ4n) is 2.26. The highest BCUT2D eigenvalue weighted by Crippen LogP contribution is 2.22. The first-order chi connectivity index (χ1) is 8.75. The second kappa shape index (κ2) is 4.27. The van der Waals surface area contributed by atoms with Gasteiger partial charge in [0.2, 0.25) is 0 Å². The maximum atomic E-state index is 6.19. The molecule has 0 radical (unpaired) electrons. The molecule has 92 valence electrons. The van der Waals surface area contributed by atoms with Crippen molar-refractivity contribution in [3.63, 3.8) is 0 Å². The van der Waals surface area contributed by atoms with Crippen LogP contribution in [-0.4, -0.2) is 19.7 Å². The highest BCUT2D eigenvalue weighted by molar-refractivity contribution is 5.83. The molecule has 3 N–H and O–H groups in total. The maximum Gasteiger partial charge on any atom is 0.149 e. The van der Waals surface area contributed by atoms with E-state index in [4.69, 9.17) is 5.73 Å². The van der Waals surface area contributed by atoms with Crippen LogP contribution >= 0.6 is 0 Å². The van der Waals surface area contributed by atoms with Crippen molar-refractivity contribution in [3.05, 3.63) is 48.2 Å². The van der Waals surface area contributed by atoms with Gasteiger partial charge in [0.25, 0.3) is 0 Å². The molecule has 5 heteroatoms. The first-order valence-electron chi connectivity index (χ1n) is 5.90. The van der Waals surface area contributed by atoms with Crippen LogP contribution < -0.4 is 5.73 Å². The maximum absolute atomic E-state index is 6.19. The predicted octanol–water partition coefficient (Wildman–Crippen LogP) is 1.54. The molecule has 2 heterocycles. The summed E-state index contributed by atoms with van der Waals surface area (Å²) < 4.78 is 1.86. The molecule has 0 bridgehead atoms. The Labute approximate surface area is 105 Å². The summed E-state index contributed by atoms with van der Waals surface area (Å²) in [5, 5.41) is 9.13. The number of aromatic amines is 1. The second-order valence-electron chi connectivity index (χ2n) is 4.47. The van der Waals surface area contributed by atoms with Gasteiger partial charge in [-0.1, -0.05) is 18.2 Å². The van der Waals surface area contributed by atoms with Gasteiger partial charge in [-0.15, -0.1) is 10.2 Å². The predicted molar refractivity (Wildman–Crippen MR) is 69.9 cm³/mol. The average Bonchev–Trinajstić information content (AvgIpc) is 2.97. The van der Waals surface area contributed by atoms with E-state index in [1.165, 1.54) is 10.9 Å². The number of rotatable bonds is 3. The van der Waals surface area contributed by atoms with E-state index in [1.54, 1.807) is 6.33 Å². The third-order valence-corrected chi connectivity index (χ3v) is 3.19. The topological polar surface area (TPSA) is 72.5 Å². The van der Waals surface area contributed by atoms with Crippen molar-refractivity contribution in [1.29, 1.82) is 0 Å². The van der Waals surface area contributed by atoms with Gasteiger partial charge in [0.15, 0.2) is 0 Å². The Morgan fingerprint density at radius 2 is 2.22 bits per heavy atom. The summed E-state index contributed by atoms with van der Waals surface area (Å²) >= 11 is 0. The van der Waals surface area contributed by atoms with Crippen molar-refractivity contribution in [2.75, 3.05) is 0 Å². The summed E-state index contributed by atoms with van der Waals surface area (Å²) in [6.07, 6.45) is 4.43. The van der Waals surface area contributed by atoms with E-state index in [-0.39, 0.29) is 6.04 Å². The van der Waals surface area contributed by atoms with Gasteiger partial charge in [0.1, 0.15) is 12.2 Å². The molecule has 0 amide bonds. The lowest BCUT2D eigenvalue weighted by molar-refractivity contribution is 0.631. The molecule has 2 aromatic heterocycles. The number of benzene rings is 1. The molecular formula is C13H15N5. The lowest BCUT2D eigenvalue weighted by Gasteiger charge is -2.09. The normalized spacial score (nSPS) is 13.0. The minimum atomic E-state index is -0.142. The largest absolute Gasteiger partial charge is 0.361 e. The molecule has 0 unspecified atom stereocenters. The molecule has 0 spiro atoms. The van der Waals surface area contributed by atoms with Crippen LogP contribution in [0.15, 0.2) is 36.8 Å². The Kier molecular flexibility index (Phi) is 2.60. The van der Waals surface area contributed by atoms with Gasteiger partial charge in [-0.3, -0.25) is 0 Å². The van der Waals surface area contributed by atoms with Gasteiger partial charge in [0, 0.05) is 24.1 Å². The highest BCUT2D eigenvalue weighted by atomic mass is 15.3. The van der Waals surface area contributed by atoms with E-state index in [0.717, 1.165) is 17.8 Å². The summed E-state index contributed by atoms with van der Waals surface area (Å²) in [7, 11) is 1.91. The number of nitrogens with one attached hydrogen (secondary N) is 1. The minimum absolute atomic E-state index is 0.142. The van der Waals surface area contributed by atoms with Crippen LogP contribution in [0.2, 0.25) is 0 Å². The van der Waals surface area contributed by atoms with E-state index < -0.39 is 0 Å². The van der Waals surface area contributed by atoms with Crippen LogP contribution in [0.3, 0.4) is 0 Å². The zero-order valence-corrected chi connectivity index (χ0v) is 10.2. The standard InChI is InChI=1S/C13H15N5/c1-18-8-16-17-13(18)11(14)6-9-7-15-12-5-3-2-4-10(9)12/h2-5,7-8,11,15H,6,14H2,1H3/t11-/m0/s1. The van der Waals surface area contributed by atoms with E-state index in [1.807, 2.05) is 29.9 Å². The number of aryl methyl sites for hydroxylation is 1. The number of hydrogen-bond acceptors (Lipinski definition) is 3. The fourth-order valence-corrected chi connectivity index (χ4v) is 2.26. The zero-order chi connectivity index (χ0) is 12.5. The summed E-state index contributed by atoms with van der Waals surface area (Å²) in [5.74, 6) is 0.806. The van der Waals surface area contributed by atoms with Gasteiger partial charge >= 0.3 is 0 Å². The average molecular weight is 241 g/mol. The van der Waals surface area contributed by atoms with Crippen LogP contribution in [0.1, 0.15) is 17.4 Å². The van der Waals surface area contributed by atoms with Gasteiger partial charge in [-0.25, -0.2) is 0 Å². The summed E-state index contributed by atoms with van der Waals surface area (Å²) in [4.78, 5) is 3.26. The van der Waals surface area contributed by atoms with Gasteiger partial charge in [-0.05, 0) is 18.1 Å². The monoisotopic (exact) mass is 241 g/mol. The number of para-hydroxylation sites is 1. The molecule has 0 aliphatic heterocycles. The summed E-state index contributed by atoms with van der Waals surface area (Å²) in [6.45, 7) is 0. The number of hydrogen-bond donors (Lipinski definition) is 2. The fraction of sp³-hybridized carbons (Fsp3) is 0.231. The molecule has 0 aliphatic carbocycles. The van der Waals surface area contributed by atoms with Gasteiger partial charge in [0.05, 0.1) is 6.04 Å². The van der Waals surface area contributed by atoms with Crippen molar-refractivity contribution < 1.29 is 0 Å². The van der Waals surface area contributed by atoms with Crippen LogP contribution in [0.5, 0.6) is 0 Å². The molecule has 5 nitrogen and oxygen atoms in total. The SMILES string of the molecule is Cn1cnnc1[C@@H](N)Cc1c[nH]c2ccccc12. The van der Waals surface area contributed by atoms with E-state index in [9.17, 15) is 0 Å². The Balaban J connectivity index is 1.91. The molecular weight excluding hydrogens is 226 g/mol. The van der Waals surface area contributed by atoms with Crippen molar-refractivity contribution in [1.82, 2.24) is 19.7 Å². The van der Waals surface area contributed by atoms with Crippen molar-refractivity contribution in [2.24, 2.45) is 12.8 Å². The molecule has 0 saturated carbocycles. The second-order valence-corrected chi connectivity index (χ2v) is 4.47. The molecule has 18 heavy (non-hydrogen) atoms. The number of H-pyrrole nitrogens is 1. The lowest BCUT2D eigenvalue weighted by Crippen LogP contribution is -2.17. The Bertz CT molecular complexity index is 667. The smallest absolute Gasteiger partial charge is 0.149 e. The quantitative estimate of drug-likeness (QED) is 0.730. The molecule has 3 aromatic rings. The zero-order valence-electron chi connectivity index (χ0n) is 10.2. The number of nitrogens with zero attached hydrogens (tertiary/aromatic N) is 3. The van der Waals surface area contributed by atoms with Gasteiger partial charge < -0.3 is 15.3 Å². The Morgan fingerprint density at radius 1 is 1.39 bits per heavy atom. The molecule has 1 atom stereocenters. The number of aromatic nitrogens is 4. The molecule has 0 aliphatic rings. The Morgan fingerprint density at radius 3 is 3.00 bits per heavy atom. The van der Waals surface area contributed by atoms with Crippen LogP contribution in [0, 0.1) is 0 Å². The van der Waals surface area contributed by atoms with Crippen molar-refractivity contribution in [3.8, 4) is 0 Å². The van der Waals surface area contributed by atoms with E-state index >= 15 is 0 Å². The minimum Gasteiger partial charge on any atom is -0.361 e. The third kappa shape index (κ3) is 1.78. The van der Waals surface area contributed by atoms with E-state index in [0.29, 0.717) is 0 Å². The van der Waals surface area contributed by atoms with Crippen LogP contribution in [0.25, 0.3) is 10.9 Å². The van der Waals surface area contributed by atoms with Gasteiger partial charge in [-0.2, -0.15) is 0 Å². The van der Waals surface area contributed by atoms with Crippen molar-refractivity contribution >= 4 is 10.9 Å². The summed E-state index contributed by atoms with van der Waals surface area (Å²) in [5.41, 5.74) is 8.53. The molecule has 0 fully saturated rings. The van der Waals surface area contributed by atoms with Crippen LogP contribution in [-0.2, 0) is 13.5 Å². The first-order valence-corrected chi connectivity index (χ1v) is 5.90. The first kappa shape index (κ1) is 11.0. The number of nitrogens with two attached hydrogens (primary N) is 1. The highest BCUT2D eigenvalue weighted by Gasteiger charge is 2.14.